The van der Waals surface area contributed by atoms with Gasteiger partial charge >= 0.3 is 0 Å². The predicted octanol–water partition coefficient (Wildman–Crippen LogP) is 3.43. The topological polar surface area (TPSA) is 41.9 Å². The van der Waals surface area contributed by atoms with E-state index >= 15 is 0 Å². The maximum absolute atomic E-state index is 12.7. The molecule has 0 atom stereocenters. The summed E-state index contributed by atoms with van der Waals surface area (Å²) in [7, 11) is 0. The third kappa shape index (κ3) is 4.03. The molecule has 4 nitrogen and oxygen atoms in total. The van der Waals surface area contributed by atoms with Crippen LogP contribution in [0.2, 0.25) is 0 Å². The molecule has 1 aliphatic heterocycles. The second-order valence-electron chi connectivity index (χ2n) is 6.66. The number of hydrogen-bond donors (Lipinski definition) is 0. The van der Waals surface area contributed by atoms with Gasteiger partial charge in [-0.3, -0.25) is 9.69 Å². The van der Waals surface area contributed by atoms with E-state index in [4.69, 9.17) is 4.74 Å². The fourth-order valence-electron chi connectivity index (χ4n) is 3.17. The zero-order valence-corrected chi connectivity index (χ0v) is 14.8. The molecule has 0 radical (unpaired) electrons. The van der Waals surface area contributed by atoms with Crippen molar-refractivity contribution in [3.8, 4) is 0 Å². The van der Waals surface area contributed by atoms with Crippen LogP contribution in [0, 0.1) is 0 Å². The minimum atomic E-state index is -0.366. The van der Waals surface area contributed by atoms with Crippen LogP contribution in [-0.4, -0.2) is 48.4 Å². The fourth-order valence-corrected chi connectivity index (χ4v) is 3.17. The van der Waals surface area contributed by atoms with E-state index in [1.54, 1.807) is 12.1 Å². The summed E-state index contributed by atoms with van der Waals surface area (Å²) in [4.78, 5) is 19.6. The normalized spacial score (nSPS) is 16.6. The molecule has 2 aromatic rings. The van der Waals surface area contributed by atoms with Gasteiger partial charge in [0.1, 0.15) is 0 Å². The van der Waals surface area contributed by atoms with Gasteiger partial charge < -0.3 is 4.74 Å². The van der Waals surface area contributed by atoms with Gasteiger partial charge in [0, 0.05) is 18.7 Å². The first-order chi connectivity index (χ1) is 12.1. The molecule has 0 spiro atoms. The molecule has 25 heavy (non-hydrogen) atoms. The Kier molecular flexibility index (Phi) is 5.41. The average molecular weight is 336 g/mol. The number of nitrogens with zero attached hydrogens (tertiary/aromatic N) is 2. The van der Waals surface area contributed by atoms with Crippen LogP contribution < -0.4 is 0 Å². The molecule has 1 saturated heterocycles. The van der Waals surface area contributed by atoms with Crippen molar-refractivity contribution in [2.45, 2.75) is 19.4 Å². The molecule has 1 amide bonds. The van der Waals surface area contributed by atoms with E-state index in [9.17, 15) is 4.79 Å². The summed E-state index contributed by atoms with van der Waals surface area (Å²) in [6.07, 6.45) is 0. The summed E-state index contributed by atoms with van der Waals surface area (Å²) >= 11 is 0. The minimum Gasteiger partial charge on any atom is -0.379 e. The van der Waals surface area contributed by atoms with E-state index in [1.165, 1.54) is 0 Å². The molecule has 2 aromatic carbocycles. The Morgan fingerprint density at radius 3 is 2.00 bits per heavy atom. The van der Waals surface area contributed by atoms with Gasteiger partial charge in [-0.25, -0.2) is 4.99 Å². The average Bonchev–Trinajstić information content (AvgIpc) is 2.68. The molecule has 3 rings (SSSR count). The van der Waals surface area contributed by atoms with Crippen LogP contribution in [0.15, 0.2) is 65.7 Å². The lowest BCUT2D eigenvalue weighted by Crippen LogP contribution is -2.54. The molecule has 1 fully saturated rings. The van der Waals surface area contributed by atoms with Crippen LogP contribution in [0.1, 0.15) is 29.8 Å². The van der Waals surface area contributed by atoms with Crippen molar-refractivity contribution in [2.24, 2.45) is 4.99 Å². The number of carbonyl (C=O) groups is 1. The number of amides is 1. The van der Waals surface area contributed by atoms with Gasteiger partial charge in [0.25, 0.3) is 5.91 Å². The molecule has 1 aliphatic rings. The van der Waals surface area contributed by atoms with Crippen molar-refractivity contribution in [2.75, 3.05) is 26.3 Å². The van der Waals surface area contributed by atoms with Crippen LogP contribution in [0.3, 0.4) is 0 Å². The first-order valence-corrected chi connectivity index (χ1v) is 8.66. The molecule has 0 aromatic heterocycles. The van der Waals surface area contributed by atoms with E-state index in [-0.39, 0.29) is 11.4 Å². The van der Waals surface area contributed by atoms with Crippen molar-refractivity contribution < 1.29 is 9.53 Å². The second kappa shape index (κ2) is 7.72. The standard InChI is InChI=1S/C21H24N2O2/c1-21(2,23-13-15-25-16-14-23)19(17-9-5-3-6-10-17)22-20(24)18-11-7-4-8-12-18/h3-12H,13-16H2,1-2H3. The number of morpholine rings is 1. The van der Waals surface area contributed by atoms with Crippen LogP contribution in [0.25, 0.3) is 0 Å². The van der Waals surface area contributed by atoms with Crippen LogP contribution in [0.4, 0.5) is 0 Å². The molecule has 0 unspecified atom stereocenters. The maximum Gasteiger partial charge on any atom is 0.277 e. The zero-order valence-electron chi connectivity index (χ0n) is 14.8. The third-order valence-electron chi connectivity index (χ3n) is 4.66. The highest BCUT2D eigenvalue weighted by molar-refractivity contribution is 6.14. The van der Waals surface area contributed by atoms with Crippen LogP contribution in [-0.2, 0) is 4.74 Å². The number of rotatable bonds is 4. The van der Waals surface area contributed by atoms with E-state index < -0.39 is 0 Å². The summed E-state index contributed by atoms with van der Waals surface area (Å²) < 4.78 is 5.48. The molecule has 0 N–H and O–H groups in total. The van der Waals surface area contributed by atoms with E-state index in [1.807, 2.05) is 48.5 Å². The number of carbonyl (C=O) groups excluding carboxylic acids is 1. The van der Waals surface area contributed by atoms with Crippen molar-refractivity contribution in [1.82, 2.24) is 4.90 Å². The zero-order chi connectivity index (χ0) is 17.7. The Morgan fingerprint density at radius 2 is 1.44 bits per heavy atom. The number of benzene rings is 2. The SMILES string of the molecule is CC(C)(C(=NC(=O)c1ccccc1)c1ccccc1)N1CCOCC1. The summed E-state index contributed by atoms with van der Waals surface area (Å²) in [5.74, 6) is -0.208. The fraction of sp³-hybridized carbons (Fsp3) is 0.333. The minimum absolute atomic E-state index is 0.208. The van der Waals surface area contributed by atoms with E-state index in [0.29, 0.717) is 18.8 Å². The van der Waals surface area contributed by atoms with Gasteiger partial charge in [0.2, 0.25) is 0 Å². The highest BCUT2D eigenvalue weighted by Crippen LogP contribution is 2.23. The summed E-state index contributed by atoms with van der Waals surface area (Å²) in [5, 5.41) is 0. The Hall–Kier alpha value is -2.30. The van der Waals surface area contributed by atoms with Crippen molar-refractivity contribution in [1.29, 1.82) is 0 Å². The van der Waals surface area contributed by atoms with Crippen molar-refractivity contribution >= 4 is 11.6 Å². The molecular weight excluding hydrogens is 312 g/mol. The van der Waals surface area contributed by atoms with Gasteiger partial charge in [0.05, 0.1) is 24.5 Å². The Balaban J connectivity index is 2.01. The Labute approximate surface area is 149 Å². The first kappa shape index (κ1) is 17.5. The lowest BCUT2D eigenvalue weighted by molar-refractivity contribution is 0.0102. The van der Waals surface area contributed by atoms with Crippen molar-refractivity contribution in [3.63, 3.8) is 0 Å². The molecule has 0 aliphatic carbocycles. The van der Waals surface area contributed by atoms with Crippen molar-refractivity contribution in [3.05, 3.63) is 71.8 Å². The maximum atomic E-state index is 12.7. The highest BCUT2D eigenvalue weighted by Gasteiger charge is 2.34. The quantitative estimate of drug-likeness (QED) is 0.803. The lowest BCUT2D eigenvalue weighted by atomic mass is 9.89. The van der Waals surface area contributed by atoms with Gasteiger partial charge in [-0.15, -0.1) is 0 Å². The highest BCUT2D eigenvalue weighted by atomic mass is 16.5. The molecule has 0 saturated carbocycles. The van der Waals surface area contributed by atoms with Crippen LogP contribution in [0.5, 0.6) is 0 Å². The lowest BCUT2D eigenvalue weighted by Gasteiger charge is -2.41. The second-order valence-corrected chi connectivity index (χ2v) is 6.66. The predicted molar refractivity (Wildman–Crippen MR) is 100 cm³/mol. The van der Waals surface area contributed by atoms with Gasteiger partial charge in [-0.05, 0) is 31.5 Å². The summed E-state index contributed by atoms with van der Waals surface area (Å²) in [6, 6.07) is 19.2. The number of hydrogen-bond acceptors (Lipinski definition) is 3. The Morgan fingerprint density at radius 1 is 0.920 bits per heavy atom. The largest absolute Gasteiger partial charge is 0.379 e. The van der Waals surface area contributed by atoms with E-state index in [2.05, 4.69) is 23.7 Å². The van der Waals surface area contributed by atoms with Crippen LogP contribution >= 0.6 is 0 Å². The molecule has 0 bridgehead atoms. The molecular formula is C21H24N2O2. The molecule has 130 valence electrons. The molecule has 1 heterocycles. The van der Waals surface area contributed by atoms with Gasteiger partial charge in [-0.1, -0.05) is 48.5 Å². The first-order valence-electron chi connectivity index (χ1n) is 8.66. The summed E-state index contributed by atoms with van der Waals surface area (Å²) in [6.45, 7) is 7.33. The molecule has 4 heteroatoms. The van der Waals surface area contributed by atoms with E-state index in [0.717, 1.165) is 24.4 Å². The number of aliphatic imine (C=N–C) groups is 1. The monoisotopic (exact) mass is 336 g/mol. The van der Waals surface area contributed by atoms with Gasteiger partial charge in [-0.2, -0.15) is 0 Å². The number of ether oxygens (including phenoxy) is 1. The smallest absolute Gasteiger partial charge is 0.277 e. The summed E-state index contributed by atoms with van der Waals surface area (Å²) in [5.41, 5.74) is 2.01. The van der Waals surface area contributed by atoms with Gasteiger partial charge in [0.15, 0.2) is 0 Å². The Bertz CT molecular complexity index is 733. The third-order valence-corrected chi connectivity index (χ3v) is 4.66.